The van der Waals surface area contributed by atoms with Crippen molar-refractivity contribution < 1.29 is 9.59 Å². The highest BCUT2D eigenvalue weighted by atomic mass is 16.2. The fraction of sp³-hybridized carbons (Fsp3) is 0.667. The highest BCUT2D eigenvalue weighted by molar-refractivity contribution is 6.37. The molecule has 2 rings (SSSR count). The van der Waals surface area contributed by atoms with Gasteiger partial charge in [-0.1, -0.05) is 0 Å². The Kier molecular flexibility index (Phi) is 0.977. The molecule has 2 heterocycles. The molecule has 54 valence electrons. The zero-order valence-electron chi connectivity index (χ0n) is 5.46. The zero-order chi connectivity index (χ0) is 7.14. The van der Waals surface area contributed by atoms with E-state index in [1.807, 2.05) is 0 Å². The van der Waals surface area contributed by atoms with Crippen molar-refractivity contribution in [3.8, 4) is 0 Å². The summed E-state index contributed by atoms with van der Waals surface area (Å²) in [6.45, 7) is 0.738. The van der Waals surface area contributed by atoms with Crippen LogP contribution < -0.4 is 5.32 Å². The molecule has 10 heavy (non-hydrogen) atoms. The lowest BCUT2D eigenvalue weighted by Crippen LogP contribution is -2.30. The van der Waals surface area contributed by atoms with Gasteiger partial charge >= 0.3 is 11.8 Å². The largest absolute Gasteiger partial charge is 0.328 e. The molecule has 4 nitrogen and oxygen atoms in total. The summed E-state index contributed by atoms with van der Waals surface area (Å²) in [5.41, 5.74) is 0. The number of rotatable bonds is 0. The van der Waals surface area contributed by atoms with E-state index in [-0.39, 0.29) is 12.1 Å². The molecule has 1 unspecified atom stereocenters. The van der Waals surface area contributed by atoms with E-state index in [4.69, 9.17) is 0 Å². The second kappa shape index (κ2) is 1.71. The van der Waals surface area contributed by atoms with Crippen LogP contribution in [0.25, 0.3) is 0 Å². The summed E-state index contributed by atoms with van der Waals surface area (Å²) in [6.07, 6.45) is 1.94. The molecule has 0 bridgehead atoms. The number of carbonyl (C=O) groups excluding carboxylic acids is 2. The minimum Gasteiger partial charge on any atom is -0.328 e. The highest BCUT2D eigenvalue weighted by Crippen LogP contribution is 2.18. The van der Waals surface area contributed by atoms with Gasteiger partial charge in [0.25, 0.3) is 0 Å². The molecular weight excluding hydrogens is 132 g/mol. The summed E-state index contributed by atoms with van der Waals surface area (Å²) >= 11 is 0. The third-order valence-electron chi connectivity index (χ3n) is 2.01. The maximum atomic E-state index is 10.9. The number of hydrogen-bond donors (Lipinski definition) is 1. The number of hydrogen-bond acceptors (Lipinski definition) is 2. The quantitative estimate of drug-likeness (QED) is 0.442. The summed E-state index contributed by atoms with van der Waals surface area (Å²) in [7, 11) is 0. The van der Waals surface area contributed by atoms with Crippen molar-refractivity contribution in [2.24, 2.45) is 0 Å². The molecule has 0 radical (unpaired) electrons. The third kappa shape index (κ3) is 0.558. The molecule has 0 aromatic carbocycles. The van der Waals surface area contributed by atoms with Crippen LogP contribution in [0, 0.1) is 0 Å². The Bertz CT molecular complexity index is 202. The van der Waals surface area contributed by atoms with Gasteiger partial charge in [-0.25, -0.2) is 0 Å². The average Bonchev–Trinajstić information content (AvgIpc) is 2.41. The van der Waals surface area contributed by atoms with Crippen LogP contribution in [0.1, 0.15) is 12.8 Å². The van der Waals surface area contributed by atoms with Gasteiger partial charge in [-0.2, -0.15) is 0 Å². The van der Waals surface area contributed by atoms with Gasteiger partial charge in [0.1, 0.15) is 6.17 Å². The number of amides is 2. The molecule has 0 aromatic rings. The first kappa shape index (κ1) is 5.70. The van der Waals surface area contributed by atoms with E-state index in [0.29, 0.717) is 0 Å². The van der Waals surface area contributed by atoms with Crippen LogP contribution >= 0.6 is 0 Å². The van der Waals surface area contributed by atoms with Gasteiger partial charge in [-0.15, -0.1) is 0 Å². The van der Waals surface area contributed by atoms with Crippen molar-refractivity contribution >= 4 is 11.8 Å². The highest BCUT2D eigenvalue weighted by Gasteiger charge is 2.40. The Morgan fingerprint density at radius 1 is 1.50 bits per heavy atom. The van der Waals surface area contributed by atoms with E-state index in [9.17, 15) is 9.59 Å². The molecule has 4 heteroatoms. The second-order valence-corrected chi connectivity index (χ2v) is 2.63. The first-order chi connectivity index (χ1) is 4.79. The average molecular weight is 140 g/mol. The van der Waals surface area contributed by atoms with Crippen molar-refractivity contribution in [1.29, 1.82) is 0 Å². The summed E-state index contributed by atoms with van der Waals surface area (Å²) < 4.78 is 0. The van der Waals surface area contributed by atoms with E-state index in [1.54, 1.807) is 4.90 Å². The number of nitrogens with zero attached hydrogens (tertiary/aromatic N) is 1. The normalized spacial score (nSPS) is 30.8. The zero-order valence-corrected chi connectivity index (χ0v) is 5.46. The van der Waals surface area contributed by atoms with Crippen LogP contribution in [0.2, 0.25) is 0 Å². The van der Waals surface area contributed by atoms with Gasteiger partial charge < -0.3 is 10.2 Å². The van der Waals surface area contributed by atoms with Crippen LogP contribution in [-0.2, 0) is 9.59 Å². The summed E-state index contributed by atoms with van der Waals surface area (Å²) in [6, 6.07) is 0. The predicted octanol–water partition coefficient (Wildman–Crippen LogP) is -0.935. The number of carbonyl (C=O) groups is 2. The smallest absolute Gasteiger partial charge is 0.313 e. The molecule has 2 saturated heterocycles. The Labute approximate surface area is 58.2 Å². The van der Waals surface area contributed by atoms with Crippen LogP contribution in [0.3, 0.4) is 0 Å². The fourth-order valence-electron chi connectivity index (χ4n) is 1.50. The molecule has 2 aliphatic rings. The van der Waals surface area contributed by atoms with Crippen molar-refractivity contribution in [3.05, 3.63) is 0 Å². The van der Waals surface area contributed by atoms with Gasteiger partial charge in [0.15, 0.2) is 0 Å². The number of nitrogens with one attached hydrogen (secondary N) is 1. The SMILES string of the molecule is O=C1NC2CCCN2C1=O. The van der Waals surface area contributed by atoms with Crippen molar-refractivity contribution in [1.82, 2.24) is 10.2 Å². The Balaban J connectivity index is 2.24. The monoisotopic (exact) mass is 140 g/mol. The summed E-state index contributed by atoms with van der Waals surface area (Å²) in [5, 5.41) is 2.60. The van der Waals surface area contributed by atoms with Crippen molar-refractivity contribution in [3.63, 3.8) is 0 Å². The van der Waals surface area contributed by atoms with E-state index in [1.165, 1.54) is 0 Å². The van der Waals surface area contributed by atoms with Gasteiger partial charge in [0.2, 0.25) is 0 Å². The van der Waals surface area contributed by atoms with Crippen LogP contribution in [0.4, 0.5) is 0 Å². The predicted molar refractivity (Wildman–Crippen MR) is 32.9 cm³/mol. The maximum absolute atomic E-state index is 10.9. The minimum absolute atomic E-state index is 0.0139. The maximum Gasteiger partial charge on any atom is 0.313 e. The topological polar surface area (TPSA) is 49.4 Å². The van der Waals surface area contributed by atoms with Gasteiger partial charge in [0.05, 0.1) is 0 Å². The molecule has 0 spiro atoms. The van der Waals surface area contributed by atoms with Gasteiger partial charge in [-0.05, 0) is 12.8 Å². The van der Waals surface area contributed by atoms with Crippen molar-refractivity contribution in [2.45, 2.75) is 19.0 Å². The third-order valence-corrected chi connectivity index (χ3v) is 2.01. The van der Waals surface area contributed by atoms with Crippen LogP contribution in [-0.4, -0.2) is 29.4 Å². The Morgan fingerprint density at radius 3 is 3.00 bits per heavy atom. The molecule has 1 atom stereocenters. The number of fused-ring (bicyclic) bond motifs is 1. The lowest BCUT2D eigenvalue weighted by molar-refractivity contribution is -0.140. The molecule has 2 amide bonds. The van der Waals surface area contributed by atoms with Crippen LogP contribution in [0.15, 0.2) is 0 Å². The summed E-state index contributed by atoms with van der Waals surface area (Å²) in [4.78, 5) is 23.2. The van der Waals surface area contributed by atoms with E-state index in [2.05, 4.69) is 5.32 Å². The molecule has 2 fully saturated rings. The van der Waals surface area contributed by atoms with E-state index in [0.717, 1.165) is 19.4 Å². The first-order valence-corrected chi connectivity index (χ1v) is 3.40. The lowest BCUT2D eigenvalue weighted by Gasteiger charge is -2.11. The van der Waals surface area contributed by atoms with E-state index >= 15 is 0 Å². The molecule has 0 aliphatic carbocycles. The minimum atomic E-state index is -0.440. The molecule has 1 N–H and O–H groups in total. The fourth-order valence-corrected chi connectivity index (χ4v) is 1.50. The lowest BCUT2D eigenvalue weighted by atomic mass is 10.3. The standard InChI is InChI=1S/C6H8N2O2/c9-5-6(10)8-3-1-2-4(8)7-5/h4H,1-3H2,(H,7,9). The van der Waals surface area contributed by atoms with Crippen LogP contribution in [0.5, 0.6) is 0 Å². The second-order valence-electron chi connectivity index (χ2n) is 2.63. The van der Waals surface area contributed by atoms with Gasteiger partial charge in [0, 0.05) is 6.54 Å². The first-order valence-electron chi connectivity index (χ1n) is 3.40. The molecule has 0 aromatic heterocycles. The Morgan fingerprint density at radius 2 is 2.30 bits per heavy atom. The molecule has 2 aliphatic heterocycles. The van der Waals surface area contributed by atoms with Gasteiger partial charge in [-0.3, -0.25) is 9.59 Å². The molecule has 0 saturated carbocycles. The summed E-state index contributed by atoms with van der Waals surface area (Å²) in [5.74, 6) is -0.799. The van der Waals surface area contributed by atoms with E-state index < -0.39 is 5.91 Å². The van der Waals surface area contributed by atoms with Crippen molar-refractivity contribution in [2.75, 3.05) is 6.54 Å². The molecular formula is C6H8N2O2. The Hall–Kier alpha value is -1.06.